The van der Waals surface area contributed by atoms with Crippen LogP contribution in [0.3, 0.4) is 0 Å². The summed E-state index contributed by atoms with van der Waals surface area (Å²) in [6.45, 7) is 4.87. The second-order valence-corrected chi connectivity index (χ2v) is 12.3. The van der Waals surface area contributed by atoms with Crippen molar-refractivity contribution in [2.24, 2.45) is 0 Å². The van der Waals surface area contributed by atoms with Crippen molar-refractivity contribution >= 4 is 40.3 Å². The molecule has 3 heterocycles. The van der Waals surface area contributed by atoms with Gasteiger partial charge in [-0.25, -0.2) is 9.97 Å². The smallest absolute Gasteiger partial charge is 0.279 e. The van der Waals surface area contributed by atoms with Gasteiger partial charge in [-0.15, -0.1) is 13.2 Å². The fourth-order valence-electron chi connectivity index (χ4n) is 2.86. The summed E-state index contributed by atoms with van der Waals surface area (Å²) < 4.78 is 7.79. The summed E-state index contributed by atoms with van der Waals surface area (Å²) in [7, 11) is 0. The number of imidazole rings is 1. The number of aliphatic hydroxyl groups is 1. The molecule has 1 saturated heterocycles. The summed E-state index contributed by atoms with van der Waals surface area (Å²) in [4.78, 5) is 22.8. The lowest BCUT2D eigenvalue weighted by Crippen LogP contribution is -2.28. The van der Waals surface area contributed by atoms with Gasteiger partial charge in [-0.3, -0.25) is 9.36 Å². The van der Waals surface area contributed by atoms with E-state index < -0.39 is 19.2 Å². The molecule has 0 amide bonds. The largest absolute Gasteiger partial charge is 0.389 e. The number of H-pyrrole nitrogens is 1. The van der Waals surface area contributed by atoms with Gasteiger partial charge in [-0.05, 0) is 32.8 Å². The molecule has 2 N–H and O–H groups in total. The predicted octanol–water partition coefficient (Wildman–Crippen LogP) is 1.55. The Morgan fingerprint density at radius 1 is 1.54 bits per heavy atom. The van der Waals surface area contributed by atoms with Crippen molar-refractivity contribution in [1.82, 2.24) is 19.5 Å². The number of nitrogens with one attached hydrogen (secondary N) is 1. The fourth-order valence-corrected chi connectivity index (χ4v) is 4.54. The molecule has 9 heteroatoms. The van der Waals surface area contributed by atoms with Gasteiger partial charge in [0.25, 0.3) is 5.56 Å². The van der Waals surface area contributed by atoms with E-state index in [2.05, 4.69) is 50.5 Å². The summed E-state index contributed by atoms with van der Waals surface area (Å²) >= 11 is 3.53. The van der Waals surface area contributed by atoms with Crippen LogP contribution in [0.5, 0.6) is 0 Å². The van der Waals surface area contributed by atoms with Gasteiger partial charge in [0.1, 0.15) is 5.82 Å². The Balaban J connectivity index is 1.90. The van der Waals surface area contributed by atoms with Gasteiger partial charge in [0.15, 0.2) is 17.4 Å². The van der Waals surface area contributed by atoms with Crippen LogP contribution in [0.1, 0.15) is 18.5 Å². The van der Waals surface area contributed by atoms with E-state index in [1.165, 1.54) is 0 Å². The van der Waals surface area contributed by atoms with Crippen molar-refractivity contribution < 1.29 is 9.84 Å². The van der Waals surface area contributed by atoms with E-state index in [0.29, 0.717) is 11.5 Å². The maximum Gasteiger partial charge on any atom is 0.279 e. The Morgan fingerprint density at radius 2 is 2.25 bits per heavy atom. The summed E-state index contributed by atoms with van der Waals surface area (Å²) in [5.74, 6) is 0.513. The van der Waals surface area contributed by atoms with E-state index in [1.807, 2.05) is 0 Å². The van der Waals surface area contributed by atoms with E-state index in [-0.39, 0.29) is 22.0 Å². The number of ether oxygens (including phenoxy) is 1. The van der Waals surface area contributed by atoms with E-state index in [9.17, 15) is 9.90 Å². The van der Waals surface area contributed by atoms with Gasteiger partial charge >= 0.3 is 0 Å². The number of alkyl halides is 1. The zero-order valence-electron chi connectivity index (χ0n) is 13.9. The minimum absolute atomic E-state index is 0.270. The minimum atomic E-state index is -1.18. The molecule has 132 valence electrons. The third-order valence-corrected chi connectivity index (χ3v) is 6.60. The molecule has 7 nitrogen and oxygen atoms in total. The lowest BCUT2D eigenvalue weighted by atomic mass is 10.1. The molecule has 0 saturated carbocycles. The highest BCUT2D eigenvalue weighted by Crippen LogP contribution is 2.41. The number of rotatable bonds is 4. The van der Waals surface area contributed by atoms with Gasteiger partial charge in [0.05, 0.1) is 23.4 Å². The van der Waals surface area contributed by atoms with Gasteiger partial charge in [0.2, 0.25) is 0 Å². The Bertz CT molecular complexity index is 858. The maximum atomic E-state index is 12.0. The molecular formula is C15H22BrN4O3P. The second-order valence-electron chi connectivity index (χ2n) is 6.92. The maximum absolute atomic E-state index is 12.0. The first-order valence-electron chi connectivity index (χ1n) is 7.76. The third-order valence-electron chi connectivity index (χ3n) is 4.14. The topological polar surface area (TPSA) is 93.0 Å². The van der Waals surface area contributed by atoms with Gasteiger partial charge in [-0.1, -0.05) is 15.9 Å². The van der Waals surface area contributed by atoms with E-state index in [0.717, 1.165) is 12.6 Å². The number of fused-ring (bicyclic) bond motifs is 1. The normalized spacial score (nSPS) is 27.9. The molecule has 3 rings (SSSR count). The molecule has 0 spiro atoms. The lowest BCUT2D eigenvalue weighted by Gasteiger charge is -2.18. The number of aliphatic hydroxyl groups excluding tert-OH is 1. The highest BCUT2D eigenvalue weighted by atomic mass is 79.9. The summed E-state index contributed by atoms with van der Waals surface area (Å²) in [6.07, 6.45) is 6.07. The average molecular weight is 417 g/mol. The number of nitrogens with zero attached hydrogens (tertiary/aromatic N) is 3. The lowest BCUT2D eigenvalue weighted by molar-refractivity contribution is -0.0174. The first-order chi connectivity index (χ1) is 11.2. The van der Waals surface area contributed by atoms with Crippen molar-refractivity contribution in [3.05, 3.63) is 22.5 Å². The first kappa shape index (κ1) is 17.9. The van der Waals surface area contributed by atoms with Crippen LogP contribution in [0.15, 0.2) is 11.1 Å². The van der Waals surface area contributed by atoms with Crippen molar-refractivity contribution in [2.75, 3.05) is 19.5 Å². The first-order valence-corrected chi connectivity index (χ1v) is 11.7. The summed E-state index contributed by atoms with van der Waals surface area (Å²) in [5, 5.41) is 10.5. The number of hydrogen-bond donors (Lipinski definition) is 2. The van der Waals surface area contributed by atoms with Crippen LogP contribution >= 0.6 is 22.8 Å². The zero-order chi connectivity index (χ0) is 17.6. The van der Waals surface area contributed by atoms with E-state index in [1.54, 1.807) is 17.8 Å². The molecule has 0 unspecified atom stereocenters. The van der Waals surface area contributed by atoms with E-state index >= 15 is 0 Å². The summed E-state index contributed by atoms with van der Waals surface area (Å²) in [6, 6.07) is 0. The molecule has 0 bridgehead atoms. The van der Waals surface area contributed by atoms with Crippen LogP contribution in [0, 0.1) is 6.92 Å². The number of halogens is 1. The van der Waals surface area contributed by atoms with E-state index in [4.69, 9.17) is 4.74 Å². The molecular weight excluding hydrogens is 395 g/mol. The van der Waals surface area contributed by atoms with Crippen molar-refractivity contribution in [2.45, 2.75) is 36.6 Å². The molecule has 0 aliphatic carbocycles. The Morgan fingerprint density at radius 3 is 2.92 bits per heavy atom. The highest BCUT2D eigenvalue weighted by Gasteiger charge is 2.43. The SMILES string of the molecule is C=P(C)(C)CC[C@H]1O[C@@H](n2cnc3c(=O)[nH]c(C)nc32)[C@H](Br)[C@@H]1O. The molecule has 1 aliphatic rings. The van der Waals surface area contributed by atoms with Gasteiger partial charge < -0.3 is 14.8 Å². The van der Waals surface area contributed by atoms with Crippen LogP contribution in [-0.2, 0) is 4.74 Å². The van der Waals surface area contributed by atoms with Gasteiger partial charge in [-0.2, -0.15) is 0 Å². The standard InChI is InChI=1S/C15H22BrN4O3P/c1-8-18-13-11(14(22)19-8)17-7-20(13)15-10(16)12(21)9(23-15)5-6-24(2,3)4/h7,9-10,12,15,21H,2,5-6H2,1,3-4H3,(H,18,19,22)/t9-,10-,12-,15-/m1/s1. The number of hydrogen-bond acceptors (Lipinski definition) is 5. The quantitative estimate of drug-likeness (QED) is 0.582. The Kier molecular flexibility index (Phi) is 4.77. The zero-order valence-corrected chi connectivity index (χ0v) is 16.4. The Hall–Kier alpha value is -0.950. The highest BCUT2D eigenvalue weighted by molar-refractivity contribution is 9.09. The third kappa shape index (κ3) is 3.38. The summed E-state index contributed by atoms with van der Waals surface area (Å²) in [5.41, 5.74) is 0.455. The fraction of sp³-hybridized carbons (Fsp3) is 0.600. The number of aromatic nitrogens is 4. The van der Waals surface area contributed by atoms with Crippen molar-refractivity contribution in [3.63, 3.8) is 0 Å². The van der Waals surface area contributed by atoms with Crippen molar-refractivity contribution in [1.29, 1.82) is 0 Å². The molecule has 4 atom stereocenters. The average Bonchev–Trinajstić information content (AvgIpc) is 3.00. The molecule has 2 aromatic heterocycles. The minimum Gasteiger partial charge on any atom is -0.389 e. The molecule has 2 aromatic rings. The van der Waals surface area contributed by atoms with Crippen LogP contribution < -0.4 is 5.56 Å². The Labute approximate surface area is 148 Å². The number of aryl methyl sites for hydroxylation is 1. The number of aromatic amines is 1. The molecule has 0 radical (unpaired) electrons. The van der Waals surface area contributed by atoms with Crippen LogP contribution in [0.25, 0.3) is 11.2 Å². The van der Waals surface area contributed by atoms with Gasteiger partial charge in [0, 0.05) is 0 Å². The molecule has 1 fully saturated rings. The second kappa shape index (κ2) is 6.41. The van der Waals surface area contributed by atoms with Crippen LogP contribution in [0.4, 0.5) is 0 Å². The predicted molar refractivity (Wildman–Crippen MR) is 101 cm³/mol. The van der Waals surface area contributed by atoms with Crippen molar-refractivity contribution in [3.8, 4) is 0 Å². The molecule has 0 aromatic carbocycles. The molecule has 1 aliphatic heterocycles. The molecule has 24 heavy (non-hydrogen) atoms. The van der Waals surface area contributed by atoms with Crippen LogP contribution in [-0.4, -0.2) is 67.5 Å². The monoisotopic (exact) mass is 416 g/mol. The van der Waals surface area contributed by atoms with Crippen LogP contribution in [0.2, 0.25) is 0 Å².